The third-order valence-electron chi connectivity index (χ3n) is 3.78. The molecule has 2 heterocycles. The molecule has 2 aromatic heterocycles. The fourth-order valence-corrected chi connectivity index (χ4v) is 2.48. The Morgan fingerprint density at radius 2 is 1.92 bits per heavy atom. The molecule has 0 saturated carbocycles. The van der Waals surface area contributed by atoms with Crippen molar-refractivity contribution < 1.29 is 9.84 Å². The van der Waals surface area contributed by atoms with E-state index in [9.17, 15) is 5.11 Å². The highest BCUT2D eigenvalue weighted by atomic mass is 16.5. The van der Waals surface area contributed by atoms with Gasteiger partial charge in [0.25, 0.3) is 0 Å². The lowest BCUT2D eigenvalue weighted by molar-refractivity contribution is 0.373. The summed E-state index contributed by atoms with van der Waals surface area (Å²) in [7, 11) is 1.54. The number of hydrogen-bond donors (Lipinski definition) is 2. The van der Waals surface area contributed by atoms with Crippen molar-refractivity contribution in [3.05, 3.63) is 65.9 Å². The minimum Gasteiger partial charge on any atom is -0.504 e. The summed E-state index contributed by atoms with van der Waals surface area (Å²) in [5, 5.41) is 13.1. The van der Waals surface area contributed by atoms with E-state index in [0.717, 1.165) is 22.8 Å². The Labute approximate surface area is 140 Å². The van der Waals surface area contributed by atoms with Crippen LogP contribution in [0.15, 0.2) is 48.9 Å². The largest absolute Gasteiger partial charge is 0.504 e. The maximum absolute atomic E-state index is 9.78. The molecule has 0 spiro atoms. The summed E-state index contributed by atoms with van der Waals surface area (Å²) in [5.74, 6) is 2.40. The fourth-order valence-electron chi connectivity index (χ4n) is 2.48. The van der Waals surface area contributed by atoms with Crippen molar-refractivity contribution in [3.8, 4) is 17.3 Å². The first-order valence-corrected chi connectivity index (χ1v) is 7.69. The molecule has 2 N–H and O–H groups in total. The Morgan fingerprint density at radius 3 is 2.54 bits per heavy atom. The van der Waals surface area contributed by atoms with Crippen LogP contribution in [0.1, 0.15) is 17.0 Å². The van der Waals surface area contributed by atoms with Gasteiger partial charge in [0.1, 0.15) is 11.6 Å². The normalized spacial score (nSPS) is 10.8. The number of phenols is 1. The van der Waals surface area contributed by atoms with Crippen molar-refractivity contribution in [2.24, 2.45) is 0 Å². The fraction of sp³-hybridized carbons (Fsp3) is 0.222. The van der Waals surface area contributed by atoms with Crippen LogP contribution in [0.5, 0.6) is 11.5 Å². The molecule has 0 saturated heterocycles. The van der Waals surface area contributed by atoms with E-state index in [0.29, 0.717) is 18.8 Å². The number of hydrogen-bond acceptors (Lipinski definition) is 5. The molecule has 24 heavy (non-hydrogen) atoms. The number of methoxy groups -OCH3 is 1. The summed E-state index contributed by atoms with van der Waals surface area (Å²) in [6.45, 7) is 3.30. The monoisotopic (exact) mass is 324 g/mol. The second kappa shape index (κ2) is 7.14. The van der Waals surface area contributed by atoms with Gasteiger partial charge in [0.2, 0.25) is 0 Å². The van der Waals surface area contributed by atoms with Crippen LogP contribution in [-0.2, 0) is 13.1 Å². The third-order valence-corrected chi connectivity index (χ3v) is 3.78. The lowest BCUT2D eigenvalue weighted by Crippen LogP contribution is -2.13. The van der Waals surface area contributed by atoms with Crippen LogP contribution < -0.4 is 10.1 Å². The number of phenolic OH excluding ortho intramolecular Hbond substituents is 1. The number of pyridine rings is 1. The topological polar surface area (TPSA) is 72.2 Å². The number of imidazole rings is 1. The minimum atomic E-state index is 0.151. The molecule has 0 atom stereocenters. The van der Waals surface area contributed by atoms with Crippen LogP contribution in [0, 0.1) is 6.92 Å². The highest BCUT2D eigenvalue weighted by Crippen LogP contribution is 2.26. The van der Waals surface area contributed by atoms with E-state index in [1.807, 2.05) is 42.1 Å². The molecule has 0 unspecified atom stereocenters. The van der Waals surface area contributed by atoms with Crippen molar-refractivity contribution in [1.29, 1.82) is 0 Å². The number of nitrogens with zero attached hydrogens (tertiary/aromatic N) is 3. The standard InChI is InChI=1S/C18H20N4O2/c1-13-20-7-8-22(13)18-6-4-15(12-21-18)11-19-10-14-3-5-17(24-2)16(23)9-14/h3-9,12,19,23H,10-11H2,1-2H3. The van der Waals surface area contributed by atoms with Gasteiger partial charge >= 0.3 is 0 Å². The Bertz CT molecular complexity index is 812. The lowest BCUT2D eigenvalue weighted by atomic mass is 10.2. The van der Waals surface area contributed by atoms with Gasteiger partial charge in [-0.25, -0.2) is 9.97 Å². The highest BCUT2D eigenvalue weighted by Gasteiger charge is 2.04. The summed E-state index contributed by atoms with van der Waals surface area (Å²) in [6.07, 6.45) is 5.51. The molecular weight excluding hydrogens is 304 g/mol. The van der Waals surface area contributed by atoms with Crippen molar-refractivity contribution in [3.63, 3.8) is 0 Å². The van der Waals surface area contributed by atoms with Gasteiger partial charge in [0, 0.05) is 31.7 Å². The molecule has 6 nitrogen and oxygen atoms in total. The SMILES string of the molecule is COc1ccc(CNCc2ccc(-n3ccnc3C)nc2)cc1O. The van der Waals surface area contributed by atoms with Gasteiger partial charge in [-0.3, -0.25) is 4.57 Å². The zero-order valence-electron chi connectivity index (χ0n) is 13.7. The van der Waals surface area contributed by atoms with Crippen molar-refractivity contribution in [1.82, 2.24) is 19.9 Å². The molecule has 3 aromatic rings. The van der Waals surface area contributed by atoms with Crippen molar-refractivity contribution >= 4 is 0 Å². The smallest absolute Gasteiger partial charge is 0.160 e. The highest BCUT2D eigenvalue weighted by molar-refractivity contribution is 5.41. The minimum absolute atomic E-state index is 0.151. The first-order valence-electron chi connectivity index (χ1n) is 7.69. The molecule has 0 amide bonds. The summed E-state index contributed by atoms with van der Waals surface area (Å²) >= 11 is 0. The molecule has 0 aliphatic heterocycles. The molecule has 0 aliphatic carbocycles. The Hall–Kier alpha value is -2.86. The number of benzene rings is 1. The first kappa shape index (κ1) is 16.0. The zero-order chi connectivity index (χ0) is 16.9. The third kappa shape index (κ3) is 3.55. The molecule has 0 fully saturated rings. The van der Waals surface area contributed by atoms with E-state index < -0.39 is 0 Å². The van der Waals surface area contributed by atoms with E-state index >= 15 is 0 Å². The second-order valence-corrected chi connectivity index (χ2v) is 5.48. The predicted octanol–water partition coefficient (Wildman–Crippen LogP) is 2.58. The van der Waals surface area contributed by atoms with Gasteiger partial charge in [-0.1, -0.05) is 12.1 Å². The second-order valence-electron chi connectivity index (χ2n) is 5.48. The molecular formula is C18H20N4O2. The van der Waals surface area contributed by atoms with Gasteiger partial charge < -0.3 is 15.2 Å². The number of nitrogens with one attached hydrogen (secondary N) is 1. The van der Waals surface area contributed by atoms with E-state index in [2.05, 4.69) is 15.3 Å². The van der Waals surface area contributed by atoms with Gasteiger partial charge in [-0.15, -0.1) is 0 Å². The first-order chi connectivity index (χ1) is 11.7. The number of rotatable bonds is 6. The average molecular weight is 324 g/mol. The van der Waals surface area contributed by atoms with Crippen LogP contribution in [-0.4, -0.2) is 26.8 Å². The van der Waals surface area contributed by atoms with Crippen LogP contribution in [0.3, 0.4) is 0 Å². The molecule has 0 bridgehead atoms. The molecule has 0 radical (unpaired) electrons. The quantitative estimate of drug-likeness (QED) is 0.729. The van der Waals surface area contributed by atoms with Crippen molar-refractivity contribution in [2.45, 2.75) is 20.0 Å². The molecule has 124 valence electrons. The summed E-state index contributed by atoms with van der Waals surface area (Å²) in [5.41, 5.74) is 2.08. The van der Waals surface area contributed by atoms with E-state index in [4.69, 9.17) is 4.74 Å². The molecule has 6 heteroatoms. The summed E-state index contributed by atoms with van der Waals surface area (Å²) < 4.78 is 6.98. The summed E-state index contributed by atoms with van der Waals surface area (Å²) in [4.78, 5) is 8.67. The predicted molar refractivity (Wildman–Crippen MR) is 91.3 cm³/mol. The Kier molecular flexibility index (Phi) is 4.77. The Morgan fingerprint density at radius 1 is 1.12 bits per heavy atom. The van der Waals surface area contributed by atoms with Gasteiger partial charge in [-0.05, 0) is 36.2 Å². The van der Waals surface area contributed by atoms with Gasteiger partial charge in [0.15, 0.2) is 11.5 Å². The maximum atomic E-state index is 9.78. The van der Waals surface area contributed by atoms with Gasteiger partial charge in [-0.2, -0.15) is 0 Å². The number of ether oxygens (including phenoxy) is 1. The summed E-state index contributed by atoms with van der Waals surface area (Å²) in [6, 6.07) is 9.41. The van der Waals surface area contributed by atoms with Crippen LogP contribution in [0.4, 0.5) is 0 Å². The average Bonchev–Trinajstić information content (AvgIpc) is 3.02. The van der Waals surface area contributed by atoms with E-state index in [1.54, 1.807) is 18.3 Å². The van der Waals surface area contributed by atoms with E-state index in [-0.39, 0.29) is 5.75 Å². The van der Waals surface area contributed by atoms with Crippen LogP contribution in [0.25, 0.3) is 5.82 Å². The maximum Gasteiger partial charge on any atom is 0.160 e. The van der Waals surface area contributed by atoms with Gasteiger partial charge in [0.05, 0.1) is 7.11 Å². The molecule has 1 aromatic carbocycles. The van der Waals surface area contributed by atoms with Crippen LogP contribution >= 0.6 is 0 Å². The molecule has 0 aliphatic rings. The Balaban J connectivity index is 1.57. The number of aryl methyl sites for hydroxylation is 1. The molecule has 3 rings (SSSR count). The number of aromatic hydroxyl groups is 1. The van der Waals surface area contributed by atoms with Crippen LogP contribution in [0.2, 0.25) is 0 Å². The zero-order valence-corrected chi connectivity index (χ0v) is 13.7. The number of aromatic nitrogens is 3. The van der Waals surface area contributed by atoms with Crippen molar-refractivity contribution in [2.75, 3.05) is 7.11 Å². The van der Waals surface area contributed by atoms with E-state index in [1.165, 1.54) is 7.11 Å². The lowest BCUT2D eigenvalue weighted by Gasteiger charge is -2.09.